The van der Waals surface area contributed by atoms with Gasteiger partial charge in [-0.1, -0.05) is 0 Å². The molecule has 0 radical (unpaired) electrons. The van der Waals surface area contributed by atoms with Gasteiger partial charge < -0.3 is 5.32 Å². The fraction of sp³-hybridized carbons (Fsp3) is 0.222. The Kier molecular flexibility index (Phi) is 3.35. The second kappa shape index (κ2) is 4.51. The van der Waals surface area contributed by atoms with Gasteiger partial charge in [-0.05, 0) is 0 Å². The molecule has 0 aliphatic rings. The number of anilines is 1. The molecule has 0 saturated carbocycles. The molecule has 1 heterocycles. The van der Waals surface area contributed by atoms with Crippen molar-refractivity contribution >= 4 is 5.82 Å². The number of aromatic nitrogens is 1. The van der Waals surface area contributed by atoms with Crippen molar-refractivity contribution in [2.75, 3.05) is 11.9 Å². The SMILES string of the molecule is C#CCCNc1nc(F)c(F)cc1F. The van der Waals surface area contributed by atoms with Gasteiger partial charge in [0.05, 0.1) is 0 Å². The highest BCUT2D eigenvalue weighted by molar-refractivity contribution is 5.36. The maximum absolute atomic E-state index is 12.9. The van der Waals surface area contributed by atoms with Gasteiger partial charge in [0, 0.05) is 19.0 Å². The summed E-state index contributed by atoms with van der Waals surface area (Å²) in [6.45, 7) is 0.255. The van der Waals surface area contributed by atoms with Crippen LogP contribution in [-0.2, 0) is 0 Å². The van der Waals surface area contributed by atoms with Gasteiger partial charge in [-0.2, -0.15) is 9.37 Å². The summed E-state index contributed by atoms with van der Waals surface area (Å²) < 4.78 is 37.8. The summed E-state index contributed by atoms with van der Waals surface area (Å²) in [7, 11) is 0. The summed E-state index contributed by atoms with van der Waals surface area (Å²) in [6.07, 6.45) is 5.29. The molecule has 2 nitrogen and oxygen atoms in total. The number of hydrogen-bond donors (Lipinski definition) is 1. The Balaban J connectivity index is 2.78. The van der Waals surface area contributed by atoms with E-state index in [9.17, 15) is 13.2 Å². The molecule has 0 aromatic carbocycles. The Morgan fingerprint density at radius 3 is 2.71 bits per heavy atom. The molecule has 1 rings (SSSR count). The van der Waals surface area contributed by atoms with Crippen molar-refractivity contribution in [3.8, 4) is 12.3 Å². The van der Waals surface area contributed by atoms with Crippen molar-refractivity contribution in [3.63, 3.8) is 0 Å². The van der Waals surface area contributed by atoms with E-state index in [1.165, 1.54) is 0 Å². The highest BCUT2D eigenvalue weighted by Gasteiger charge is 2.10. The second-order valence-electron chi connectivity index (χ2n) is 2.47. The van der Waals surface area contributed by atoms with E-state index >= 15 is 0 Å². The van der Waals surface area contributed by atoms with Gasteiger partial charge >= 0.3 is 0 Å². The van der Waals surface area contributed by atoms with Crippen molar-refractivity contribution < 1.29 is 13.2 Å². The maximum atomic E-state index is 12.9. The molecular formula is C9H7F3N2. The third kappa shape index (κ3) is 2.39. The van der Waals surface area contributed by atoms with E-state index in [4.69, 9.17) is 6.42 Å². The van der Waals surface area contributed by atoms with Gasteiger partial charge in [0.15, 0.2) is 17.5 Å². The molecule has 0 atom stereocenters. The monoisotopic (exact) mass is 200 g/mol. The van der Waals surface area contributed by atoms with E-state index in [0.29, 0.717) is 12.5 Å². The van der Waals surface area contributed by atoms with E-state index < -0.39 is 17.6 Å². The third-order valence-corrected chi connectivity index (χ3v) is 1.45. The topological polar surface area (TPSA) is 24.9 Å². The Hall–Kier alpha value is -1.70. The van der Waals surface area contributed by atoms with E-state index in [2.05, 4.69) is 16.2 Å². The molecule has 0 bridgehead atoms. The van der Waals surface area contributed by atoms with Crippen LogP contribution in [0.2, 0.25) is 0 Å². The smallest absolute Gasteiger partial charge is 0.251 e. The van der Waals surface area contributed by atoms with Crippen LogP contribution in [0.5, 0.6) is 0 Å². The predicted octanol–water partition coefficient (Wildman–Crippen LogP) is 1.93. The van der Waals surface area contributed by atoms with Gasteiger partial charge in [-0.15, -0.1) is 12.3 Å². The van der Waals surface area contributed by atoms with Crippen molar-refractivity contribution in [3.05, 3.63) is 23.6 Å². The van der Waals surface area contributed by atoms with Gasteiger partial charge in [0.1, 0.15) is 0 Å². The molecule has 0 amide bonds. The molecule has 0 spiro atoms. The Labute approximate surface area is 79.2 Å². The minimum absolute atomic E-state index is 0.255. The first-order chi connectivity index (χ1) is 6.65. The average molecular weight is 200 g/mol. The van der Waals surface area contributed by atoms with Crippen LogP contribution >= 0.6 is 0 Å². The minimum Gasteiger partial charge on any atom is -0.367 e. The van der Waals surface area contributed by atoms with E-state index in [1.54, 1.807) is 0 Å². The van der Waals surface area contributed by atoms with Gasteiger partial charge in [-0.3, -0.25) is 0 Å². The molecule has 5 heteroatoms. The molecule has 0 aliphatic heterocycles. The summed E-state index contributed by atoms with van der Waals surface area (Å²) in [4.78, 5) is 3.05. The number of nitrogens with one attached hydrogen (secondary N) is 1. The van der Waals surface area contributed by atoms with E-state index in [1.807, 2.05) is 0 Å². The first-order valence-corrected chi connectivity index (χ1v) is 3.84. The van der Waals surface area contributed by atoms with Gasteiger partial charge in [0.2, 0.25) is 0 Å². The van der Waals surface area contributed by atoms with Crippen LogP contribution in [0.4, 0.5) is 19.0 Å². The highest BCUT2D eigenvalue weighted by Crippen LogP contribution is 2.13. The molecule has 0 aliphatic carbocycles. The Morgan fingerprint density at radius 1 is 1.36 bits per heavy atom. The first kappa shape index (κ1) is 10.4. The van der Waals surface area contributed by atoms with Crippen LogP contribution in [0.25, 0.3) is 0 Å². The number of halogens is 3. The summed E-state index contributed by atoms with van der Waals surface area (Å²) in [6, 6.07) is 0.431. The third-order valence-electron chi connectivity index (χ3n) is 1.45. The zero-order valence-electron chi connectivity index (χ0n) is 7.15. The van der Waals surface area contributed by atoms with Crippen LogP contribution in [0.1, 0.15) is 6.42 Å². The zero-order valence-corrected chi connectivity index (χ0v) is 7.15. The zero-order chi connectivity index (χ0) is 10.6. The lowest BCUT2D eigenvalue weighted by Crippen LogP contribution is -2.07. The largest absolute Gasteiger partial charge is 0.367 e. The number of nitrogens with zero attached hydrogens (tertiary/aromatic N) is 1. The summed E-state index contributed by atoms with van der Waals surface area (Å²) in [5.74, 6) is -1.63. The fourth-order valence-electron chi connectivity index (χ4n) is 0.821. The van der Waals surface area contributed by atoms with Crippen LogP contribution in [0.3, 0.4) is 0 Å². The van der Waals surface area contributed by atoms with E-state index in [0.717, 1.165) is 0 Å². The predicted molar refractivity (Wildman–Crippen MR) is 46.1 cm³/mol. The molecule has 14 heavy (non-hydrogen) atoms. The lowest BCUT2D eigenvalue weighted by atomic mass is 10.4. The summed E-state index contributed by atoms with van der Waals surface area (Å²) >= 11 is 0. The Bertz CT molecular complexity index is 371. The number of rotatable bonds is 3. The summed E-state index contributed by atoms with van der Waals surface area (Å²) in [5.41, 5.74) is 0. The van der Waals surface area contributed by atoms with Crippen molar-refractivity contribution in [1.82, 2.24) is 4.98 Å². The standard InChI is InChI=1S/C9H7F3N2/c1-2-3-4-13-9-7(11)5-6(10)8(12)14-9/h1,5H,3-4H2,(H,13,14). The number of hydrogen-bond acceptors (Lipinski definition) is 2. The number of pyridine rings is 1. The quantitative estimate of drug-likeness (QED) is 0.458. The molecule has 0 saturated heterocycles. The molecule has 0 unspecified atom stereocenters. The molecule has 0 fully saturated rings. The van der Waals surface area contributed by atoms with Crippen LogP contribution in [0, 0.1) is 29.9 Å². The summed E-state index contributed by atoms with van der Waals surface area (Å²) in [5, 5.41) is 2.45. The minimum atomic E-state index is -1.34. The number of terminal acetylenes is 1. The molecular weight excluding hydrogens is 193 g/mol. The molecule has 1 aromatic rings. The van der Waals surface area contributed by atoms with Crippen LogP contribution in [-0.4, -0.2) is 11.5 Å². The molecule has 1 aromatic heterocycles. The lowest BCUT2D eigenvalue weighted by Gasteiger charge is -2.04. The normalized spacial score (nSPS) is 9.57. The Morgan fingerprint density at radius 2 is 2.07 bits per heavy atom. The van der Waals surface area contributed by atoms with Crippen molar-refractivity contribution in [2.24, 2.45) is 0 Å². The van der Waals surface area contributed by atoms with E-state index in [-0.39, 0.29) is 12.4 Å². The first-order valence-electron chi connectivity index (χ1n) is 3.84. The van der Waals surface area contributed by atoms with Crippen molar-refractivity contribution in [1.29, 1.82) is 0 Å². The molecule has 1 N–H and O–H groups in total. The maximum Gasteiger partial charge on any atom is 0.251 e. The average Bonchev–Trinajstić information content (AvgIpc) is 2.14. The van der Waals surface area contributed by atoms with Gasteiger partial charge in [-0.25, -0.2) is 8.78 Å². The van der Waals surface area contributed by atoms with Crippen LogP contribution < -0.4 is 5.32 Å². The van der Waals surface area contributed by atoms with Gasteiger partial charge in [0.25, 0.3) is 5.95 Å². The second-order valence-corrected chi connectivity index (χ2v) is 2.47. The lowest BCUT2D eigenvalue weighted by molar-refractivity contribution is 0.466. The molecule has 74 valence electrons. The van der Waals surface area contributed by atoms with Crippen molar-refractivity contribution in [2.45, 2.75) is 6.42 Å². The van der Waals surface area contributed by atoms with Crippen LogP contribution in [0.15, 0.2) is 6.07 Å². The fourth-order valence-corrected chi connectivity index (χ4v) is 0.821. The highest BCUT2D eigenvalue weighted by atomic mass is 19.2.